The van der Waals surface area contributed by atoms with Crippen LogP contribution < -0.4 is 10.1 Å². The molecule has 1 aromatic carbocycles. The van der Waals surface area contributed by atoms with E-state index in [9.17, 15) is 9.90 Å². The summed E-state index contributed by atoms with van der Waals surface area (Å²) in [4.78, 5) is 21.4. The summed E-state index contributed by atoms with van der Waals surface area (Å²) < 4.78 is 8.86. The normalized spacial score (nSPS) is 12.1. The van der Waals surface area contributed by atoms with Gasteiger partial charge < -0.3 is 19.7 Å². The summed E-state index contributed by atoms with van der Waals surface area (Å²) in [6.07, 6.45) is 3.98. The summed E-state index contributed by atoms with van der Waals surface area (Å²) in [5, 5.41) is 12.7. The molecule has 29 heavy (non-hydrogen) atoms. The summed E-state index contributed by atoms with van der Waals surface area (Å²) in [5.74, 6) is 1.45. The van der Waals surface area contributed by atoms with E-state index in [-0.39, 0.29) is 5.02 Å². The Bertz CT molecular complexity index is 1200. The zero-order valence-electron chi connectivity index (χ0n) is 15.6. The molecule has 0 spiro atoms. The smallest absolute Gasteiger partial charge is 0.253 e. The molecule has 2 N–H and O–H groups in total. The number of nitrogens with zero attached hydrogens (tertiary/aromatic N) is 3. The molecule has 0 aliphatic carbocycles. The number of imidazole rings is 1. The number of amides is 1. The van der Waals surface area contributed by atoms with Crippen LogP contribution >= 0.6 is 22.9 Å². The van der Waals surface area contributed by atoms with Crippen molar-refractivity contribution >= 4 is 39.1 Å². The van der Waals surface area contributed by atoms with Crippen molar-refractivity contribution in [3.8, 4) is 22.2 Å². The quantitative estimate of drug-likeness (QED) is 0.503. The number of aryl methyl sites for hydroxylation is 1. The Balaban J connectivity index is 1.66. The molecule has 3 heterocycles. The molecule has 0 fully saturated rings. The van der Waals surface area contributed by atoms with Gasteiger partial charge in [-0.05, 0) is 18.2 Å². The predicted octanol–water partition coefficient (Wildman–Crippen LogP) is 3.92. The summed E-state index contributed by atoms with van der Waals surface area (Å²) in [6.45, 7) is 0. The molecule has 3 aromatic heterocycles. The molecule has 1 atom stereocenters. The van der Waals surface area contributed by atoms with E-state index < -0.39 is 12.0 Å². The molecule has 1 amide bonds. The highest BCUT2D eigenvalue weighted by atomic mass is 35.5. The van der Waals surface area contributed by atoms with Crippen LogP contribution in [-0.4, -0.2) is 32.6 Å². The zero-order valence-corrected chi connectivity index (χ0v) is 17.2. The van der Waals surface area contributed by atoms with Gasteiger partial charge in [-0.3, -0.25) is 9.78 Å². The summed E-state index contributed by atoms with van der Waals surface area (Å²) in [6, 6.07) is 8.56. The fraction of sp³-hybridized carbons (Fsp3) is 0.150. The molecular formula is C20H17ClN4O3S. The lowest BCUT2D eigenvalue weighted by Crippen LogP contribution is -2.25. The molecule has 0 bridgehead atoms. The van der Waals surface area contributed by atoms with Gasteiger partial charge in [-0.1, -0.05) is 17.7 Å². The minimum Gasteiger partial charge on any atom is -0.456 e. The second kappa shape index (κ2) is 7.82. The van der Waals surface area contributed by atoms with Crippen molar-refractivity contribution in [3.05, 3.63) is 59.5 Å². The Kier molecular flexibility index (Phi) is 5.23. The first-order chi connectivity index (χ1) is 14.0. The number of thiophene rings is 1. The van der Waals surface area contributed by atoms with E-state index in [1.807, 2.05) is 23.9 Å². The van der Waals surface area contributed by atoms with Crippen LogP contribution in [-0.2, 0) is 11.8 Å². The molecule has 1 unspecified atom stereocenters. The summed E-state index contributed by atoms with van der Waals surface area (Å²) >= 11 is 7.80. The van der Waals surface area contributed by atoms with Gasteiger partial charge in [-0.2, -0.15) is 0 Å². The third-order valence-electron chi connectivity index (χ3n) is 4.41. The molecule has 0 radical (unpaired) electrons. The number of ether oxygens (including phenoxy) is 1. The number of carbonyl (C=O) groups is 1. The van der Waals surface area contributed by atoms with Crippen molar-refractivity contribution in [2.45, 2.75) is 6.10 Å². The van der Waals surface area contributed by atoms with E-state index >= 15 is 0 Å². The van der Waals surface area contributed by atoms with Crippen LogP contribution in [0.25, 0.3) is 20.9 Å². The Morgan fingerprint density at radius 3 is 2.79 bits per heavy atom. The van der Waals surface area contributed by atoms with E-state index in [1.165, 1.54) is 18.4 Å². The summed E-state index contributed by atoms with van der Waals surface area (Å²) in [7, 11) is 3.39. The third-order valence-corrected chi connectivity index (χ3v) is 5.87. The highest BCUT2D eigenvalue weighted by Crippen LogP contribution is 2.39. The van der Waals surface area contributed by atoms with Crippen molar-refractivity contribution < 1.29 is 14.6 Å². The van der Waals surface area contributed by atoms with Crippen molar-refractivity contribution in [2.75, 3.05) is 7.05 Å². The van der Waals surface area contributed by atoms with Gasteiger partial charge in [-0.25, -0.2) is 4.98 Å². The minimum atomic E-state index is -1.34. The van der Waals surface area contributed by atoms with E-state index in [0.717, 1.165) is 20.9 Å². The first-order valence-corrected chi connectivity index (χ1v) is 9.90. The van der Waals surface area contributed by atoms with Gasteiger partial charge in [0.1, 0.15) is 17.3 Å². The molecule has 0 saturated heterocycles. The van der Waals surface area contributed by atoms with Gasteiger partial charge in [0, 0.05) is 44.3 Å². The van der Waals surface area contributed by atoms with Gasteiger partial charge in [0.25, 0.3) is 5.91 Å². The molecule has 9 heteroatoms. The van der Waals surface area contributed by atoms with E-state index in [2.05, 4.69) is 15.3 Å². The number of rotatable bonds is 5. The maximum Gasteiger partial charge on any atom is 0.253 e. The van der Waals surface area contributed by atoms with Crippen LogP contribution in [0.1, 0.15) is 11.7 Å². The van der Waals surface area contributed by atoms with Crippen molar-refractivity contribution in [3.63, 3.8) is 0 Å². The number of fused-ring (bicyclic) bond motifs is 1. The standard InChI is InChI=1S/C20H17ClN4O3S/c1-22-20(27)17(26)12-4-3-11(9-13(12)21)28-15-5-6-23-14-10-16(29-18(14)15)19-24-7-8-25(19)2/h3-10,17,26H,1-2H3,(H,22,27). The lowest BCUT2D eigenvalue weighted by molar-refractivity contribution is -0.129. The fourth-order valence-corrected chi connectivity index (χ4v) is 4.29. The van der Waals surface area contributed by atoms with Gasteiger partial charge >= 0.3 is 0 Å². The average Bonchev–Trinajstić information content (AvgIpc) is 3.33. The molecular weight excluding hydrogens is 412 g/mol. The van der Waals surface area contributed by atoms with E-state index in [4.69, 9.17) is 16.3 Å². The lowest BCUT2D eigenvalue weighted by Gasteiger charge is -2.13. The number of nitrogens with one attached hydrogen (secondary N) is 1. The molecule has 0 saturated carbocycles. The Hall–Kier alpha value is -2.94. The van der Waals surface area contributed by atoms with Crippen LogP contribution in [0.5, 0.6) is 11.5 Å². The van der Waals surface area contributed by atoms with Crippen LogP contribution in [0, 0.1) is 0 Å². The van der Waals surface area contributed by atoms with Gasteiger partial charge in [0.2, 0.25) is 0 Å². The SMILES string of the molecule is CNC(=O)C(O)c1ccc(Oc2ccnc3cc(-c4nccn4C)sc23)cc1Cl. The highest BCUT2D eigenvalue weighted by Gasteiger charge is 2.20. The summed E-state index contributed by atoms with van der Waals surface area (Å²) in [5.41, 5.74) is 1.12. The highest BCUT2D eigenvalue weighted by molar-refractivity contribution is 7.22. The van der Waals surface area contributed by atoms with Crippen molar-refractivity contribution in [1.29, 1.82) is 0 Å². The van der Waals surface area contributed by atoms with E-state index in [0.29, 0.717) is 17.1 Å². The van der Waals surface area contributed by atoms with Crippen molar-refractivity contribution in [2.24, 2.45) is 7.05 Å². The lowest BCUT2D eigenvalue weighted by atomic mass is 10.1. The Morgan fingerprint density at radius 2 is 2.10 bits per heavy atom. The number of aliphatic hydroxyl groups is 1. The topological polar surface area (TPSA) is 89.3 Å². The van der Waals surface area contributed by atoms with Gasteiger partial charge in [0.05, 0.1) is 20.1 Å². The molecule has 148 valence electrons. The number of pyridine rings is 1. The predicted molar refractivity (Wildman–Crippen MR) is 112 cm³/mol. The maximum absolute atomic E-state index is 11.6. The third kappa shape index (κ3) is 3.69. The Morgan fingerprint density at radius 1 is 1.28 bits per heavy atom. The Labute approximate surface area is 175 Å². The number of halogens is 1. The number of likely N-dealkylation sites (N-methyl/N-ethyl adjacent to an activating group) is 1. The first kappa shape index (κ1) is 19.4. The molecule has 0 aliphatic rings. The van der Waals surface area contributed by atoms with Crippen LogP contribution in [0.15, 0.2) is 48.9 Å². The fourth-order valence-electron chi connectivity index (χ4n) is 2.91. The number of hydrogen-bond donors (Lipinski definition) is 2. The maximum atomic E-state index is 11.6. The van der Waals surface area contributed by atoms with Crippen LogP contribution in [0.2, 0.25) is 5.02 Å². The second-order valence-electron chi connectivity index (χ2n) is 6.30. The molecule has 0 aliphatic heterocycles. The van der Waals surface area contributed by atoms with E-state index in [1.54, 1.807) is 36.7 Å². The largest absolute Gasteiger partial charge is 0.456 e. The van der Waals surface area contributed by atoms with Crippen molar-refractivity contribution in [1.82, 2.24) is 19.9 Å². The average molecular weight is 429 g/mol. The monoisotopic (exact) mass is 428 g/mol. The second-order valence-corrected chi connectivity index (χ2v) is 7.76. The number of benzene rings is 1. The molecule has 4 aromatic rings. The van der Waals surface area contributed by atoms with Crippen LogP contribution in [0.3, 0.4) is 0 Å². The van der Waals surface area contributed by atoms with Gasteiger partial charge in [-0.15, -0.1) is 11.3 Å². The number of carbonyl (C=O) groups excluding carboxylic acids is 1. The van der Waals surface area contributed by atoms with Crippen LogP contribution in [0.4, 0.5) is 0 Å². The molecule has 7 nitrogen and oxygen atoms in total. The van der Waals surface area contributed by atoms with Gasteiger partial charge in [0.15, 0.2) is 6.10 Å². The zero-order chi connectivity index (χ0) is 20.5. The number of aliphatic hydroxyl groups excluding tert-OH is 1. The number of aromatic nitrogens is 3. The number of hydrogen-bond acceptors (Lipinski definition) is 6. The minimum absolute atomic E-state index is 0.240. The molecule has 4 rings (SSSR count). The first-order valence-electron chi connectivity index (χ1n) is 8.71.